The molecule has 20 heavy (non-hydrogen) atoms. The van der Waals surface area contributed by atoms with E-state index in [1.54, 1.807) is 7.11 Å². The van der Waals surface area contributed by atoms with Crippen molar-refractivity contribution in [1.82, 2.24) is 10.2 Å². The lowest BCUT2D eigenvalue weighted by Crippen LogP contribution is -2.55. The van der Waals surface area contributed by atoms with Gasteiger partial charge in [0.2, 0.25) is 0 Å². The van der Waals surface area contributed by atoms with Crippen LogP contribution in [0.2, 0.25) is 0 Å². The van der Waals surface area contributed by atoms with E-state index in [-0.39, 0.29) is 12.1 Å². The first-order chi connectivity index (χ1) is 9.73. The molecule has 4 nitrogen and oxygen atoms in total. The van der Waals surface area contributed by atoms with E-state index >= 15 is 0 Å². The minimum atomic E-state index is -0.0295. The van der Waals surface area contributed by atoms with E-state index in [2.05, 4.69) is 17.1 Å². The van der Waals surface area contributed by atoms with Gasteiger partial charge in [0.05, 0.1) is 13.2 Å². The zero-order valence-electron chi connectivity index (χ0n) is 13.2. The van der Waals surface area contributed by atoms with E-state index < -0.39 is 0 Å². The second-order valence-corrected chi connectivity index (χ2v) is 6.72. The number of rotatable bonds is 7. The molecule has 3 atom stereocenters. The summed E-state index contributed by atoms with van der Waals surface area (Å²) in [6.07, 6.45) is 7.13. The molecular formula is C16H32N2O2. The molecule has 1 aliphatic carbocycles. The lowest BCUT2D eigenvalue weighted by atomic mass is 9.78. The smallest absolute Gasteiger partial charge is 0.0613 e. The summed E-state index contributed by atoms with van der Waals surface area (Å²) in [6.45, 7) is 6.75. The van der Waals surface area contributed by atoms with Gasteiger partial charge >= 0.3 is 0 Å². The number of aliphatic hydroxyl groups excluding tert-OH is 1. The van der Waals surface area contributed by atoms with Crippen LogP contribution in [0.5, 0.6) is 0 Å². The van der Waals surface area contributed by atoms with E-state index in [0.717, 1.165) is 32.4 Å². The Bertz CT molecular complexity index is 288. The second kappa shape index (κ2) is 7.74. The molecule has 0 amide bonds. The van der Waals surface area contributed by atoms with E-state index in [9.17, 15) is 5.11 Å². The number of nitrogens with one attached hydrogen (secondary N) is 1. The molecule has 2 rings (SSSR count). The van der Waals surface area contributed by atoms with Crippen molar-refractivity contribution in [2.75, 3.05) is 40.0 Å². The first kappa shape index (κ1) is 16.2. The molecule has 4 heteroatoms. The fourth-order valence-electron chi connectivity index (χ4n) is 3.96. The molecule has 1 heterocycles. The Labute approximate surface area is 123 Å². The van der Waals surface area contributed by atoms with Gasteiger partial charge in [-0.2, -0.15) is 0 Å². The van der Waals surface area contributed by atoms with E-state index in [0.29, 0.717) is 12.0 Å². The van der Waals surface area contributed by atoms with Crippen LogP contribution in [0, 0.1) is 5.92 Å². The maximum absolute atomic E-state index is 9.86. The monoisotopic (exact) mass is 284 g/mol. The summed E-state index contributed by atoms with van der Waals surface area (Å²) < 4.78 is 5.30. The van der Waals surface area contributed by atoms with Crippen LogP contribution in [0.3, 0.4) is 0 Å². The molecule has 0 aromatic rings. The molecule has 1 saturated heterocycles. The van der Waals surface area contributed by atoms with Crippen molar-refractivity contribution in [3.05, 3.63) is 0 Å². The largest absolute Gasteiger partial charge is 0.394 e. The quantitative estimate of drug-likeness (QED) is 0.746. The van der Waals surface area contributed by atoms with Crippen LogP contribution in [-0.2, 0) is 4.74 Å². The number of likely N-dealkylation sites (tertiary alicyclic amines) is 1. The Kier molecular flexibility index (Phi) is 6.27. The molecule has 0 aromatic carbocycles. The number of nitrogens with zero attached hydrogens (tertiary/aromatic N) is 1. The molecule has 118 valence electrons. The summed E-state index contributed by atoms with van der Waals surface area (Å²) in [5.74, 6) is 0.703. The molecule has 1 saturated carbocycles. The van der Waals surface area contributed by atoms with Gasteiger partial charge in [-0.3, -0.25) is 4.90 Å². The Morgan fingerprint density at radius 2 is 2.25 bits per heavy atom. The lowest BCUT2D eigenvalue weighted by Gasteiger charge is -2.43. The van der Waals surface area contributed by atoms with Crippen LogP contribution in [0.15, 0.2) is 0 Å². The molecule has 0 spiro atoms. The predicted octanol–water partition coefficient (Wildman–Crippen LogP) is 1.63. The van der Waals surface area contributed by atoms with Gasteiger partial charge in [-0.25, -0.2) is 0 Å². The highest BCUT2D eigenvalue weighted by molar-refractivity contribution is 4.97. The van der Waals surface area contributed by atoms with Gasteiger partial charge < -0.3 is 15.2 Å². The van der Waals surface area contributed by atoms with E-state index in [1.807, 2.05) is 0 Å². The molecule has 3 unspecified atom stereocenters. The third kappa shape index (κ3) is 3.94. The van der Waals surface area contributed by atoms with Gasteiger partial charge in [0.15, 0.2) is 0 Å². The topological polar surface area (TPSA) is 44.7 Å². The maximum Gasteiger partial charge on any atom is 0.0613 e. The Balaban J connectivity index is 1.89. The fraction of sp³-hybridized carbons (Fsp3) is 1.00. The van der Waals surface area contributed by atoms with Crippen LogP contribution in [-0.4, -0.2) is 61.5 Å². The van der Waals surface area contributed by atoms with Crippen molar-refractivity contribution in [3.8, 4) is 0 Å². The second-order valence-electron chi connectivity index (χ2n) is 6.72. The highest BCUT2D eigenvalue weighted by Gasteiger charge is 2.39. The first-order valence-electron chi connectivity index (χ1n) is 8.32. The highest BCUT2D eigenvalue weighted by Crippen LogP contribution is 2.33. The molecule has 0 radical (unpaired) electrons. The van der Waals surface area contributed by atoms with Crippen LogP contribution in [0.25, 0.3) is 0 Å². The fourth-order valence-corrected chi connectivity index (χ4v) is 3.96. The molecule has 1 aliphatic heterocycles. The van der Waals surface area contributed by atoms with Crippen molar-refractivity contribution in [1.29, 1.82) is 0 Å². The molecule has 0 aromatic heterocycles. The first-order valence-corrected chi connectivity index (χ1v) is 8.32. The SMILES string of the molecule is CCCNC1(CO)CCCC(N2CCC(COC)C2)C1. The van der Waals surface area contributed by atoms with Crippen molar-refractivity contribution in [2.45, 2.75) is 57.0 Å². The zero-order valence-corrected chi connectivity index (χ0v) is 13.2. The van der Waals surface area contributed by atoms with Crippen molar-refractivity contribution < 1.29 is 9.84 Å². The van der Waals surface area contributed by atoms with Crippen LogP contribution in [0.1, 0.15) is 45.4 Å². The lowest BCUT2D eigenvalue weighted by molar-refractivity contribution is 0.0648. The highest BCUT2D eigenvalue weighted by atomic mass is 16.5. The van der Waals surface area contributed by atoms with Crippen molar-refractivity contribution in [2.24, 2.45) is 5.92 Å². The summed E-state index contributed by atoms with van der Waals surface area (Å²) in [7, 11) is 1.80. The third-order valence-corrected chi connectivity index (χ3v) is 5.11. The summed E-state index contributed by atoms with van der Waals surface area (Å²) >= 11 is 0. The third-order valence-electron chi connectivity index (χ3n) is 5.11. The number of aliphatic hydroxyl groups is 1. The van der Waals surface area contributed by atoms with Gasteiger partial charge in [0, 0.05) is 25.2 Å². The Morgan fingerprint density at radius 1 is 1.40 bits per heavy atom. The summed E-state index contributed by atoms with van der Waals surface area (Å²) in [5.41, 5.74) is -0.0295. The van der Waals surface area contributed by atoms with Gasteiger partial charge in [0.25, 0.3) is 0 Å². The van der Waals surface area contributed by atoms with Crippen molar-refractivity contribution in [3.63, 3.8) is 0 Å². The van der Waals surface area contributed by atoms with Crippen molar-refractivity contribution >= 4 is 0 Å². The Hall–Kier alpha value is -0.160. The van der Waals surface area contributed by atoms with Gasteiger partial charge in [0.1, 0.15) is 0 Å². The summed E-state index contributed by atoms with van der Waals surface area (Å²) in [4.78, 5) is 2.64. The number of hydrogen-bond donors (Lipinski definition) is 2. The average molecular weight is 284 g/mol. The number of hydrogen-bond acceptors (Lipinski definition) is 4. The van der Waals surface area contributed by atoms with E-state index in [1.165, 1.54) is 32.4 Å². The standard InChI is InChI=1S/C16H32N2O2/c1-3-8-17-16(13-19)7-4-5-15(10-16)18-9-6-14(11-18)12-20-2/h14-15,17,19H,3-13H2,1-2H3. The Morgan fingerprint density at radius 3 is 2.95 bits per heavy atom. The number of methoxy groups -OCH3 is 1. The maximum atomic E-state index is 9.86. The molecule has 2 N–H and O–H groups in total. The molecule has 0 bridgehead atoms. The zero-order chi connectivity index (χ0) is 14.4. The van der Waals surface area contributed by atoms with Crippen LogP contribution < -0.4 is 5.32 Å². The normalized spacial score (nSPS) is 35.5. The molecule has 2 fully saturated rings. The van der Waals surface area contributed by atoms with Gasteiger partial charge in [-0.15, -0.1) is 0 Å². The van der Waals surface area contributed by atoms with Gasteiger partial charge in [-0.1, -0.05) is 6.92 Å². The van der Waals surface area contributed by atoms with E-state index in [4.69, 9.17) is 4.74 Å². The van der Waals surface area contributed by atoms with Gasteiger partial charge in [-0.05, 0) is 57.5 Å². The predicted molar refractivity (Wildman–Crippen MR) is 81.9 cm³/mol. The minimum absolute atomic E-state index is 0.0295. The minimum Gasteiger partial charge on any atom is -0.394 e. The average Bonchev–Trinajstić information content (AvgIpc) is 2.94. The number of ether oxygens (including phenoxy) is 1. The van der Waals surface area contributed by atoms with Crippen LogP contribution >= 0.6 is 0 Å². The van der Waals surface area contributed by atoms with Crippen LogP contribution in [0.4, 0.5) is 0 Å². The molecular weight excluding hydrogens is 252 g/mol. The summed E-state index contributed by atoms with van der Waals surface area (Å²) in [6, 6.07) is 0.641. The summed E-state index contributed by atoms with van der Waals surface area (Å²) in [5, 5.41) is 13.5. The molecule has 2 aliphatic rings.